The monoisotopic (exact) mass is 174 g/mol. The highest BCUT2D eigenvalue weighted by Crippen LogP contribution is 1.93. The summed E-state index contributed by atoms with van der Waals surface area (Å²) in [5.41, 5.74) is 1.40. The summed E-state index contributed by atoms with van der Waals surface area (Å²) in [5.74, 6) is -1.50. The molecule has 0 aliphatic heterocycles. The van der Waals surface area contributed by atoms with Gasteiger partial charge in [0.25, 0.3) is 0 Å². The van der Waals surface area contributed by atoms with Crippen LogP contribution < -0.4 is 5.48 Å². The summed E-state index contributed by atoms with van der Waals surface area (Å²) >= 11 is 0. The summed E-state index contributed by atoms with van der Waals surface area (Å²) in [5, 5.41) is 15.0. The molecule has 1 amide bonds. The number of ether oxygens (including phenoxy) is 1. The molecule has 12 heavy (non-hydrogen) atoms. The Labute approximate surface area is 69.0 Å². The average molecular weight is 174 g/mol. The lowest BCUT2D eigenvalue weighted by molar-refractivity contribution is -0.134. The molecule has 0 heterocycles. The number of hydrogen-bond donors (Lipinski definition) is 3. The van der Waals surface area contributed by atoms with Crippen LogP contribution in [0.15, 0.2) is 0 Å². The molecule has 6 heteroatoms. The van der Waals surface area contributed by atoms with E-state index in [4.69, 9.17) is 10.6 Å². The second kappa shape index (κ2) is 5.25. The number of amides is 1. The highest BCUT2D eigenvalue weighted by molar-refractivity contribution is 5.88. The molecular formula is C6H10N2O4. The van der Waals surface area contributed by atoms with Crippen molar-refractivity contribution < 1.29 is 19.5 Å². The molecule has 0 saturated carbocycles. The van der Waals surface area contributed by atoms with E-state index in [1.54, 1.807) is 0 Å². The fourth-order valence-corrected chi connectivity index (χ4v) is 0.507. The van der Waals surface area contributed by atoms with Gasteiger partial charge in [0.05, 0.1) is 0 Å². The Morgan fingerprint density at radius 1 is 1.50 bits per heavy atom. The molecule has 0 bridgehead atoms. The van der Waals surface area contributed by atoms with E-state index in [1.165, 1.54) is 12.4 Å². The van der Waals surface area contributed by atoms with Crippen molar-refractivity contribution in [3.63, 3.8) is 0 Å². The summed E-state index contributed by atoms with van der Waals surface area (Å²) < 4.78 is 4.33. The van der Waals surface area contributed by atoms with Crippen molar-refractivity contribution in [3.05, 3.63) is 0 Å². The van der Waals surface area contributed by atoms with Crippen LogP contribution in [0.2, 0.25) is 0 Å². The minimum Gasteiger partial charge on any atom is -0.412 e. The molecule has 0 aliphatic rings. The zero-order valence-corrected chi connectivity index (χ0v) is 6.59. The molecule has 0 spiro atoms. The molecule has 0 saturated heterocycles. The summed E-state index contributed by atoms with van der Waals surface area (Å²) in [6.45, 7) is 1.17. The lowest BCUT2D eigenvalue weighted by Gasteiger charge is -2.01. The zero-order chi connectivity index (χ0) is 9.56. The van der Waals surface area contributed by atoms with Gasteiger partial charge in [-0.25, -0.2) is 5.48 Å². The maximum absolute atomic E-state index is 10.4. The largest absolute Gasteiger partial charge is 0.412 e. The lowest BCUT2D eigenvalue weighted by Crippen LogP contribution is -2.20. The molecule has 0 rings (SSSR count). The van der Waals surface area contributed by atoms with Crippen molar-refractivity contribution in [2.45, 2.75) is 19.8 Å². The lowest BCUT2D eigenvalue weighted by atomic mass is 10.3. The SMILES string of the molecule is CC(=O)OC(=N)CCC(=O)NO. The number of carbonyl (C=O) groups excluding carboxylic acids is 2. The minimum atomic E-state index is -0.619. The predicted molar refractivity (Wildman–Crippen MR) is 38.7 cm³/mol. The van der Waals surface area contributed by atoms with Gasteiger partial charge in [-0.2, -0.15) is 0 Å². The Kier molecular flexibility index (Phi) is 4.62. The highest BCUT2D eigenvalue weighted by Gasteiger charge is 2.05. The number of nitrogens with one attached hydrogen (secondary N) is 2. The number of rotatable bonds is 3. The minimum absolute atomic E-state index is 0.00796. The van der Waals surface area contributed by atoms with Crippen LogP contribution >= 0.6 is 0 Å². The van der Waals surface area contributed by atoms with Gasteiger partial charge in [0, 0.05) is 19.8 Å². The average Bonchev–Trinajstić information content (AvgIpc) is 1.99. The van der Waals surface area contributed by atoms with Crippen LogP contribution in [-0.4, -0.2) is 23.0 Å². The van der Waals surface area contributed by atoms with Gasteiger partial charge in [-0.05, 0) is 0 Å². The summed E-state index contributed by atoms with van der Waals surface area (Å²) in [4.78, 5) is 20.7. The maximum atomic E-state index is 10.4. The molecule has 3 N–H and O–H groups in total. The molecule has 0 aromatic carbocycles. The van der Waals surface area contributed by atoms with E-state index in [-0.39, 0.29) is 18.7 Å². The van der Waals surface area contributed by atoms with Crippen LogP contribution in [0.4, 0.5) is 0 Å². The van der Waals surface area contributed by atoms with Crippen molar-refractivity contribution in [3.8, 4) is 0 Å². The van der Waals surface area contributed by atoms with E-state index < -0.39 is 11.9 Å². The predicted octanol–water partition coefficient (Wildman–Crippen LogP) is -0.188. The molecule has 0 radical (unpaired) electrons. The van der Waals surface area contributed by atoms with E-state index in [2.05, 4.69) is 4.74 Å². The van der Waals surface area contributed by atoms with Crippen LogP contribution in [0, 0.1) is 5.41 Å². The smallest absolute Gasteiger partial charge is 0.309 e. The van der Waals surface area contributed by atoms with Crippen LogP contribution in [0.25, 0.3) is 0 Å². The molecule has 0 atom stereocenters. The van der Waals surface area contributed by atoms with Crippen molar-refractivity contribution in [1.82, 2.24) is 5.48 Å². The van der Waals surface area contributed by atoms with Gasteiger partial charge in [0.2, 0.25) is 5.91 Å². The Morgan fingerprint density at radius 3 is 2.50 bits per heavy atom. The topological polar surface area (TPSA) is 99.5 Å². The first kappa shape index (κ1) is 10.6. The van der Waals surface area contributed by atoms with Crippen LogP contribution in [-0.2, 0) is 14.3 Å². The first-order chi connectivity index (χ1) is 5.56. The fraction of sp³-hybridized carbons (Fsp3) is 0.500. The standard InChI is InChI=1S/C6H10N2O4/c1-4(9)12-5(7)2-3-6(10)8-11/h7,11H,2-3H2,1H3,(H,8,10). The Bertz CT molecular complexity index is 202. The van der Waals surface area contributed by atoms with Gasteiger partial charge in [-0.3, -0.25) is 20.2 Å². The maximum Gasteiger partial charge on any atom is 0.309 e. The van der Waals surface area contributed by atoms with Crippen molar-refractivity contribution in [2.75, 3.05) is 0 Å². The number of carbonyl (C=O) groups is 2. The summed E-state index contributed by atoms with van der Waals surface area (Å²) in [7, 11) is 0. The van der Waals surface area contributed by atoms with E-state index in [0.717, 1.165) is 0 Å². The van der Waals surface area contributed by atoms with Gasteiger partial charge in [0.1, 0.15) is 0 Å². The highest BCUT2D eigenvalue weighted by atomic mass is 16.5. The van der Waals surface area contributed by atoms with Gasteiger partial charge in [0.15, 0.2) is 5.90 Å². The van der Waals surface area contributed by atoms with Crippen molar-refractivity contribution >= 4 is 17.8 Å². The first-order valence-corrected chi connectivity index (χ1v) is 3.25. The van der Waals surface area contributed by atoms with Gasteiger partial charge >= 0.3 is 5.97 Å². The first-order valence-electron chi connectivity index (χ1n) is 3.25. The molecule has 0 unspecified atom stereocenters. The Morgan fingerprint density at radius 2 is 2.08 bits per heavy atom. The molecule has 0 aromatic rings. The van der Waals surface area contributed by atoms with Crippen molar-refractivity contribution in [1.29, 1.82) is 5.41 Å². The third kappa shape index (κ3) is 5.36. The normalized spacial score (nSPS) is 8.83. The van der Waals surface area contributed by atoms with E-state index in [0.29, 0.717) is 0 Å². The van der Waals surface area contributed by atoms with E-state index >= 15 is 0 Å². The quantitative estimate of drug-likeness (QED) is 0.181. The Hall–Kier alpha value is -1.43. The van der Waals surface area contributed by atoms with Gasteiger partial charge in [-0.15, -0.1) is 0 Å². The fourth-order valence-electron chi connectivity index (χ4n) is 0.507. The van der Waals surface area contributed by atoms with Crippen LogP contribution in [0.5, 0.6) is 0 Å². The number of hydroxylamine groups is 1. The zero-order valence-electron chi connectivity index (χ0n) is 6.59. The second-order valence-electron chi connectivity index (χ2n) is 2.05. The molecule has 6 nitrogen and oxygen atoms in total. The van der Waals surface area contributed by atoms with Crippen molar-refractivity contribution in [2.24, 2.45) is 0 Å². The number of hydrogen-bond acceptors (Lipinski definition) is 5. The molecule has 0 aliphatic carbocycles. The Balaban J connectivity index is 3.57. The summed E-state index contributed by atoms with van der Waals surface area (Å²) in [6.07, 6.45) is -0.0887. The van der Waals surface area contributed by atoms with Gasteiger partial charge in [-0.1, -0.05) is 0 Å². The molecular weight excluding hydrogens is 164 g/mol. The van der Waals surface area contributed by atoms with E-state index in [1.807, 2.05) is 0 Å². The third-order valence-corrected chi connectivity index (χ3v) is 0.971. The second-order valence-corrected chi connectivity index (χ2v) is 2.05. The molecule has 68 valence electrons. The third-order valence-electron chi connectivity index (χ3n) is 0.971. The van der Waals surface area contributed by atoms with Crippen LogP contribution in [0.3, 0.4) is 0 Å². The molecule has 0 fully saturated rings. The summed E-state index contributed by atoms with van der Waals surface area (Å²) in [6, 6.07) is 0. The van der Waals surface area contributed by atoms with Crippen LogP contribution in [0.1, 0.15) is 19.8 Å². The van der Waals surface area contributed by atoms with E-state index in [9.17, 15) is 9.59 Å². The molecule has 0 aromatic heterocycles. The number of esters is 1. The van der Waals surface area contributed by atoms with Gasteiger partial charge < -0.3 is 4.74 Å².